The molecule has 0 saturated carbocycles. The number of aliphatic hydroxyl groups excluding tert-OH is 1. The van der Waals surface area contributed by atoms with Crippen molar-refractivity contribution < 1.29 is 17.9 Å². The lowest BCUT2D eigenvalue weighted by atomic mass is 10.2. The SMILES string of the molecule is Cc1ccc(S(=O)(=O)NCCC(O)c2ccco2)cc1Cl. The van der Waals surface area contributed by atoms with Crippen molar-refractivity contribution in [2.75, 3.05) is 6.54 Å². The Kier molecular flexibility index (Phi) is 5.05. The van der Waals surface area contributed by atoms with Crippen molar-refractivity contribution in [3.8, 4) is 0 Å². The Labute approximate surface area is 128 Å². The first-order valence-electron chi connectivity index (χ1n) is 6.37. The largest absolute Gasteiger partial charge is 0.467 e. The van der Waals surface area contributed by atoms with Gasteiger partial charge in [-0.05, 0) is 43.2 Å². The minimum Gasteiger partial charge on any atom is -0.467 e. The average molecular weight is 330 g/mol. The number of sulfonamides is 1. The maximum atomic E-state index is 12.1. The summed E-state index contributed by atoms with van der Waals surface area (Å²) in [5.74, 6) is 0.410. The summed E-state index contributed by atoms with van der Waals surface area (Å²) in [6, 6.07) is 7.85. The first-order chi connectivity index (χ1) is 9.90. The number of rotatable bonds is 6. The zero-order chi connectivity index (χ0) is 15.5. The van der Waals surface area contributed by atoms with E-state index in [1.165, 1.54) is 18.4 Å². The number of hydrogen-bond acceptors (Lipinski definition) is 4. The Balaban J connectivity index is 1.96. The third-order valence-electron chi connectivity index (χ3n) is 3.04. The lowest BCUT2D eigenvalue weighted by Gasteiger charge is -2.10. The Morgan fingerprint density at radius 1 is 1.38 bits per heavy atom. The smallest absolute Gasteiger partial charge is 0.240 e. The van der Waals surface area contributed by atoms with E-state index in [9.17, 15) is 13.5 Å². The van der Waals surface area contributed by atoms with Crippen LogP contribution >= 0.6 is 11.6 Å². The Hall–Kier alpha value is -1.34. The summed E-state index contributed by atoms with van der Waals surface area (Å²) in [6.07, 6.45) is 0.827. The Bertz CT molecular complexity index is 698. The highest BCUT2D eigenvalue weighted by Crippen LogP contribution is 2.20. The number of aryl methyl sites for hydroxylation is 1. The van der Waals surface area contributed by atoms with Gasteiger partial charge in [-0.15, -0.1) is 0 Å². The third-order valence-corrected chi connectivity index (χ3v) is 4.90. The molecule has 2 rings (SSSR count). The fourth-order valence-electron chi connectivity index (χ4n) is 1.78. The van der Waals surface area contributed by atoms with Gasteiger partial charge in [-0.3, -0.25) is 0 Å². The quantitative estimate of drug-likeness (QED) is 0.853. The van der Waals surface area contributed by atoms with Crippen LogP contribution in [0.2, 0.25) is 5.02 Å². The van der Waals surface area contributed by atoms with Crippen molar-refractivity contribution in [2.24, 2.45) is 0 Å². The molecular weight excluding hydrogens is 314 g/mol. The van der Waals surface area contributed by atoms with E-state index < -0.39 is 16.1 Å². The predicted octanol–water partition coefficient (Wildman–Crippen LogP) is 2.64. The molecule has 0 aliphatic heterocycles. The minimum atomic E-state index is -3.64. The van der Waals surface area contributed by atoms with Crippen LogP contribution in [-0.4, -0.2) is 20.1 Å². The second kappa shape index (κ2) is 6.62. The van der Waals surface area contributed by atoms with E-state index in [0.29, 0.717) is 10.8 Å². The van der Waals surface area contributed by atoms with Crippen molar-refractivity contribution in [3.05, 3.63) is 52.9 Å². The number of halogens is 1. The van der Waals surface area contributed by atoms with Crippen molar-refractivity contribution in [3.63, 3.8) is 0 Å². The zero-order valence-corrected chi connectivity index (χ0v) is 13.0. The van der Waals surface area contributed by atoms with Gasteiger partial charge in [-0.1, -0.05) is 17.7 Å². The predicted molar refractivity (Wildman–Crippen MR) is 79.7 cm³/mol. The van der Waals surface area contributed by atoms with Crippen LogP contribution < -0.4 is 4.72 Å². The average Bonchev–Trinajstić information content (AvgIpc) is 2.95. The first-order valence-corrected chi connectivity index (χ1v) is 8.23. The topological polar surface area (TPSA) is 79.5 Å². The number of hydrogen-bond donors (Lipinski definition) is 2. The van der Waals surface area contributed by atoms with Crippen LogP contribution in [0.4, 0.5) is 0 Å². The summed E-state index contributed by atoms with van der Waals surface area (Å²) < 4.78 is 31.7. The van der Waals surface area contributed by atoms with Gasteiger partial charge < -0.3 is 9.52 Å². The zero-order valence-electron chi connectivity index (χ0n) is 11.4. The van der Waals surface area contributed by atoms with E-state index in [0.717, 1.165) is 5.56 Å². The van der Waals surface area contributed by atoms with Gasteiger partial charge in [0, 0.05) is 11.6 Å². The van der Waals surface area contributed by atoms with Crippen LogP contribution in [0.5, 0.6) is 0 Å². The second-order valence-electron chi connectivity index (χ2n) is 4.63. The lowest BCUT2D eigenvalue weighted by Crippen LogP contribution is -2.26. The molecule has 1 aromatic heterocycles. The molecular formula is C14H16ClNO4S. The molecule has 7 heteroatoms. The van der Waals surface area contributed by atoms with Crippen LogP contribution in [0.3, 0.4) is 0 Å². The summed E-state index contributed by atoms with van der Waals surface area (Å²) >= 11 is 5.93. The molecule has 1 unspecified atom stereocenters. The highest BCUT2D eigenvalue weighted by Gasteiger charge is 2.16. The fourth-order valence-corrected chi connectivity index (χ4v) is 3.10. The second-order valence-corrected chi connectivity index (χ2v) is 6.80. The van der Waals surface area contributed by atoms with E-state index in [2.05, 4.69) is 4.72 Å². The van der Waals surface area contributed by atoms with Crippen LogP contribution in [0.25, 0.3) is 0 Å². The molecule has 5 nitrogen and oxygen atoms in total. The normalized spacial score (nSPS) is 13.3. The van der Waals surface area contributed by atoms with Crippen molar-refractivity contribution >= 4 is 21.6 Å². The van der Waals surface area contributed by atoms with Crippen molar-refractivity contribution in [1.82, 2.24) is 4.72 Å². The van der Waals surface area contributed by atoms with Gasteiger partial charge in [0.15, 0.2) is 0 Å². The van der Waals surface area contributed by atoms with Crippen LogP contribution in [0.1, 0.15) is 23.8 Å². The molecule has 0 saturated heterocycles. The number of aliphatic hydroxyl groups is 1. The van der Waals surface area contributed by atoms with Gasteiger partial charge in [-0.2, -0.15) is 0 Å². The molecule has 21 heavy (non-hydrogen) atoms. The van der Waals surface area contributed by atoms with E-state index in [4.69, 9.17) is 16.0 Å². The molecule has 1 aromatic carbocycles. The molecule has 0 radical (unpaired) electrons. The molecule has 0 bridgehead atoms. The van der Waals surface area contributed by atoms with Gasteiger partial charge in [0.25, 0.3) is 0 Å². The van der Waals surface area contributed by atoms with Crippen molar-refractivity contribution in [1.29, 1.82) is 0 Å². The molecule has 0 aliphatic carbocycles. The van der Waals surface area contributed by atoms with E-state index in [1.54, 1.807) is 25.1 Å². The summed E-state index contributed by atoms with van der Waals surface area (Å²) in [6.45, 7) is 1.89. The highest BCUT2D eigenvalue weighted by molar-refractivity contribution is 7.89. The van der Waals surface area contributed by atoms with Gasteiger partial charge >= 0.3 is 0 Å². The summed E-state index contributed by atoms with van der Waals surface area (Å²) in [7, 11) is -3.64. The third kappa shape index (κ3) is 4.07. The molecule has 2 N–H and O–H groups in total. The molecule has 0 amide bonds. The molecule has 114 valence electrons. The number of benzene rings is 1. The van der Waals surface area contributed by atoms with Crippen LogP contribution in [0, 0.1) is 6.92 Å². The molecule has 2 aromatic rings. The maximum absolute atomic E-state index is 12.1. The monoisotopic (exact) mass is 329 g/mol. The molecule has 1 heterocycles. The van der Waals surface area contributed by atoms with Crippen LogP contribution in [-0.2, 0) is 10.0 Å². The summed E-state index contributed by atoms with van der Waals surface area (Å²) in [4.78, 5) is 0.102. The van der Waals surface area contributed by atoms with Crippen LogP contribution in [0.15, 0.2) is 45.9 Å². The number of furan rings is 1. The van der Waals surface area contributed by atoms with E-state index in [-0.39, 0.29) is 17.9 Å². The molecule has 0 fully saturated rings. The highest BCUT2D eigenvalue weighted by atomic mass is 35.5. The van der Waals surface area contributed by atoms with E-state index >= 15 is 0 Å². The summed E-state index contributed by atoms with van der Waals surface area (Å²) in [5.41, 5.74) is 0.809. The van der Waals surface area contributed by atoms with Gasteiger partial charge in [0.2, 0.25) is 10.0 Å². The number of nitrogens with one attached hydrogen (secondary N) is 1. The summed E-state index contributed by atoms with van der Waals surface area (Å²) in [5, 5.41) is 10.2. The Morgan fingerprint density at radius 3 is 2.76 bits per heavy atom. The fraction of sp³-hybridized carbons (Fsp3) is 0.286. The lowest BCUT2D eigenvalue weighted by molar-refractivity contribution is 0.142. The van der Waals surface area contributed by atoms with Gasteiger partial charge in [-0.25, -0.2) is 13.1 Å². The standard InChI is InChI=1S/C14H16ClNO4S/c1-10-4-5-11(9-12(10)15)21(18,19)16-7-6-13(17)14-3-2-8-20-14/h2-5,8-9,13,16-17H,6-7H2,1H3. The van der Waals surface area contributed by atoms with Gasteiger partial charge in [0.05, 0.1) is 11.2 Å². The Morgan fingerprint density at radius 2 is 2.14 bits per heavy atom. The van der Waals surface area contributed by atoms with Crippen molar-refractivity contribution in [2.45, 2.75) is 24.3 Å². The van der Waals surface area contributed by atoms with E-state index in [1.807, 2.05) is 0 Å². The first kappa shape index (κ1) is 16.0. The molecule has 0 aliphatic rings. The minimum absolute atomic E-state index is 0.0930. The van der Waals surface area contributed by atoms with Gasteiger partial charge in [0.1, 0.15) is 11.9 Å². The molecule has 0 spiro atoms. The maximum Gasteiger partial charge on any atom is 0.240 e. The molecule has 1 atom stereocenters.